The molecule has 0 aromatic heterocycles. The van der Waals surface area contributed by atoms with Crippen molar-refractivity contribution in [1.29, 1.82) is 0 Å². The maximum absolute atomic E-state index is 10.9. The third-order valence-electron chi connectivity index (χ3n) is 2.52. The fraction of sp³-hybridized carbons (Fsp3) is 0.462. The van der Waals surface area contributed by atoms with Crippen molar-refractivity contribution in [1.82, 2.24) is 4.90 Å². The quantitative estimate of drug-likeness (QED) is 0.733. The summed E-state index contributed by atoms with van der Waals surface area (Å²) in [5.74, 6) is 0.224. The van der Waals surface area contributed by atoms with Crippen molar-refractivity contribution >= 4 is 5.78 Å². The molecule has 2 heteroatoms. The number of hydrogen-bond donors (Lipinski definition) is 0. The van der Waals surface area contributed by atoms with Crippen molar-refractivity contribution in [3.05, 3.63) is 35.4 Å². The van der Waals surface area contributed by atoms with Gasteiger partial charge in [-0.15, -0.1) is 0 Å². The highest BCUT2D eigenvalue weighted by Crippen LogP contribution is 2.07. The lowest BCUT2D eigenvalue weighted by Gasteiger charge is -2.15. The van der Waals surface area contributed by atoms with Crippen LogP contribution >= 0.6 is 0 Å². The highest BCUT2D eigenvalue weighted by Gasteiger charge is 2.03. The van der Waals surface area contributed by atoms with Crippen molar-refractivity contribution < 1.29 is 4.79 Å². The number of hydrogen-bond acceptors (Lipinski definition) is 2. The molecule has 0 heterocycles. The van der Waals surface area contributed by atoms with Crippen molar-refractivity contribution in [2.75, 3.05) is 20.1 Å². The van der Waals surface area contributed by atoms with Crippen LogP contribution in [0.5, 0.6) is 0 Å². The maximum atomic E-state index is 10.9. The Morgan fingerprint density at radius 1 is 1.33 bits per heavy atom. The summed E-state index contributed by atoms with van der Waals surface area (Å²) in [6, 6.07) is 8.39. The average Bonchev–Trinajstić information content (AvgIpc) is 2.15. The first-order chi connectivity index (χ1) is 7.09. The second-order valence-electron chi connectivity index (χ2n) is 4.12. The summed E-state index contributed by atoms with van der Waals surface area (Å²) in [5.41, 5.74) is 2.70. The van der Waals surface area contributed by atoms with Crippen LogP contribution in [-0.4, -0.2) is 30.8 Å². The third kappa shape index (κ3) is 4.26. The van der Waals surface area contributed by atoms with Crippen LogP contribution in [0.3, 0.4) is 0 Å². The Kier molecular flexibility index (Phi) is 4.50. The highest BCUT2D eigenvalue weighted by molar-refractivity contribution is 5.77. The molecule has 0 spiro atoms. The number of carbonyl (C=O) groups is 1. The molecular formula is C13H19NO. The molecule has 15 heavy (non-hydrogen) atoms. The molecule has 0 radical (unpaired) electrons. The minimum absolute atomic E-state index is 0.224. The van der Waals surface area contributed by atoms with Gasteiger partial charge in [0, 0.05) is 6.54 Å². The molecule has 1 rings (SSSR count). The Morgan fingerprint density at radius 2 is 2.00 bits per heavy atom. The normalized spacial score (nSPS) is 10.7. The van der Waals surface area contributed by atoms with E-state index in [2.05, 4.69) is 36.1 Å². The summed E-state index contributed by atoms with van der Waals surface area (Å²) in [7, 11) is 1.99. The summed E-state index contributed by atoms with van der Waals surface area (Å²) in [6.07, 6.45) is 1.01. The molecule has 82 valence electrons. The van der Waals surface area contributed by atoms with Crippen LogP contribution in [0.15, 0.2) is 24.3 Å². The van der Waals surface area contributed by atoms with Crippen molar-refractivity contribution in [2.45, 2.75) is 20.3 Å². The zero-order valence-corrected chi connectivity index (χ0v) is 9.79. The van der Waals surface area contributed by atoms with Crippen LogP contribution in [-0.2, 0) is 11.2 Å². The van der Waals surface area contributed by atoms with E-state index in [-0.39, 0.29) is 5.78 Å². The van der Waals surface area contributed by atoms with E-state index >= 15 is 0 Å². The molecule has 2 nitrogen and oxygen atoms in total. The number of nitrogens with zero attached hydrogens (tertiary/aromatic N) is 1. The SMILES string of the molecule is CC(=O)CN(C)CCc1ccccc1C. The minimum Gasteiger partial charge on any atom is -0.299 e. The summed E-state index contributed by atoms with van der Waals surface area (Å²) >= 11 is 0. The molecule has 0 saturated carbocycles. The standard InChI is InChI=1S/C13H19NO/c1-11-6-4-5-7-13(11)8-9-14(3)10-12(2)15/h4-7H,8-10H2,1-3H3. The van der Waals surface area contributed by atoms with Gasteiger partial charge in [-0.25, -0.2) is 0 Å². The fourth-order valence-electron chi connectivity index (χ4n) is 1.66. The van der Waals surface area contributed by atoms with E-state index < -0.39 is 0 Å². The predicted octanol–water partition coefficient (Wildman–Crippen LogP) is 2.06. The molecule has 0 aliphatic carbocycles. The maximum Gasteiger partial charge on any atom is 0.143 e. The van der Waals surface area contributed by atoms with Gasteiger partial charge >= 0.3 is 0 Å². The summed E-state index contributed by atoms with van der Waals surface area (Å²) in [4.78, 5) is 13.0. The third-order valence-corrected chi connectivity index (χ3v) is 2.52. The van der Waals surface area contributed by atoms with Crippen LogP contribution in [0, 0.1) is 6.92 Å². The van der Waals surface area contributed by atoms with Gasteiger partial charge in [0.2, 0.25) is 0 Å². The molecule has 0 bridgehead atoms. The van der Waals surface area contributed by atoms with E-state index in [1.54, 1.807) is 6.92 Å². The Morgan fingerprint density at radius 3 is 2.60 bits per heavy atom. The molecule has 1 aromatic carbocycles. The minimum atomic E-state index is 0.224. The van der Waals surface area contributed by atoms with E-state index in [0.29, 0.717) is 6.54 Å². The molecule has 0 fully saturated rings. The lowest BCUT2D eigenvalue weighted by atomic mass is 10.1. The number of carbonyl (C=O) groups excluding carboxylic acids is 1. The van der Waals surface area contributed by atoms with Crippen molar-refractivity contribution in [3.63, 3.8) is 0 Å². The number of aryl methyl sites for hydroxylation is 1. The smallest absolute Gasteiger partial charge is 0.143 e. The van der Waals surface area contributed by atoms with E-state index in [9.17, 15) is 4.79 Å². The van der Waals surface area contributed by atoms with Crippen LogP contribution in [0.25, 0.3) is 0 Å². The average molecular weight is 205 g/mol. The summed E-state index contributed by atoms with van der Waals surface area (Å²) < 4.78 is 0. The molecule has 0 saturated heterocycles. The summed E-state index contributed by atoms with van der Waals surface area (Å²) in [6.45, 7) is 5.24. The largest absolute Gasteiger partial charge is 0.299 e. The monoisotopic (exact) mass is 205 g/mol. The number of ketones is 1. The van der Waals surface area contributed by atoms with Crippen molar-refractivity contribution in [2.24, 2.45) is 0 Å². The second-order valence-corrected chi connectivity index (χ2v) is 4.12. The van der Waals surface area contributed by atoms with Gasteiger partial charge in [-0.3, -0.25) is 9.69 Å². The number of likely N-dealkylation sites (N-methyl/N-ethyl adjacent to an activating group) is 1. The van der Waals surface area contributed by atoms with Gasteiger partial charge in [-0.2, -0.15) is 0 Å². The zero-order chi connectivity index (χ0) is 11.3. The lowest BCUT2D eigenvalue weighted by molar-refractivity contribution is -0.117. The van der Waals surface area contributed by atoms with E-state index in [1.165, 1.54) is 11.1 Å². The number of benzene rings is 1. The topological polar surface area (TPSA) is 20.3 Å². The Balaban J connectivity index is 2.43. The van der Waals surface area contributed by atoms with Gasteiger partial charge in [-0.1, -0.05) is 24.3 Å². The van der Waals surface area contributed by atoms with Crippen LogP contribution < -0.4 is 0 Å². The van der Waals surface area contributed by atoms with Crippen LogP contribution in [0.2, 0.25) is 0 Å². The molecule has 0 N–H and O–H groups in total. The number of Topliss-reactive ketones (excluding diaryl/α,β-unsaturated/α-hetero) is 1. The van der Waals surface area contributed by atoms with E-state index in [1.807, 2.05) is 7.05 Å². The molecule has 0 atom stereocenters. The van der Waals surface area contributed by atoms with Gasteiger partial charge in [-0.05, 0) is 38.4 Å². The predicted molar refractivity (Wildman–Crippen MR) is 63.1 cm³/mol. The van der Waals surface area contributed by atoms with E-state index in [4.69, 9.17) is 0 Å². The number of rotatable bonds is 5. The molecular weight excluding hydrogens is 186 g/mol. The summed E-state index contributed by atoms with van der Waals surface area (Å²) in [5, 5.41) is 0. The van der Waals surface area contributed by atoms with Gasteiger partial charge < -0.3 is 0 Å². The lowest BCUT2D eigenvalue weighted by Crippen LogP contribution is -2.26. The molecule has 1 aromatic rings. The first kappa shape index (κ1) is 11.9. The highest BCUT2D eigenvalue weighted by atomic mass is 16.1. The molecule has 0 aliphatic rings. The van der Waals surface area contributed by atoms with Gasteiger partial charge in [0.1, 0.15) is 5.78 Å². The zero-order valence-electron chi connectivity index (χ0n) is 9.79. The molecule has 0 aliphatic heterocycles. The van der Waals surface area contributed by atoms with Gasteiger partial charge in [0.05, 0.1) is 6.54 Å². The van der Waals surface area contributed by atoms with Crippen LogP contribution in [0.1, 0.15) is 18.1 Å². The molecule has 0 amide bonds. The van der Waals surface area contributed by atoms with Crippen LogP contribution in [0.4, 0.5) is 0 Å². The van der Waals surface area contributed by atoms with Gasteiger partial charge in [0.25, 0.3) is 0 Å². The first-order valence-corrected chi connectivity index (χ1v) is 5.32. The fourth-order valence-corrected chi connectivity index (χ4v) is 1.66. The van der Waals surface area contributed by atoms with Gasteiger partial charge in [0.15, 0.2) is 0 Å². The van der Waals surface area contributed by atoms with E-state index in [0.717, 1.165) is 13.0 Å². The Labute approximate surface area is 91.9 Å². The Bertz CT molecular complexity index is 333. The first-order valence-electron chi connectivity index (χ1n) is 5.32. The molecule has 0 unspecified atom stereocenters. The van der Waals surface area contributed by atoms with Crippen molar-refractivity contribution in [3.8, 4) is 0 Å². The second kappa shape index (κ2) is 5.66. The Hall–Kier alpha value is -1.15.